The van der Waals surface area contributed by atoms with E-state index >= 15 is 0 Å². The van der Waals surface area contributed by atoms with Crippen LogP contribution in [0.3, 0.4) is 0 Å². The van der Waals surface area contributed by atoms with Gasteiger partial charge in [0.2, 0.25) is 0 Å². The molecular weight excluding hydrogens is 267 g/mol. The van der Waals surface area contributed by atoms with Gasteiger partial charge in [0.15, 0.2) is 0 Å². The number of nitrogens with zero attached hydrogens (tertiary/aromatic N) is 2. The molecule has 0 saturated carbocycles. The lowest BCUT2D eigenvalue weighted by atomic mass is 9.95. The Hall–Kier alpha value is -1.49. The molecule has 2 rings (SSSR count). The predicted molar refractivity (Wildman–Crippen MR) is 87.2 cm³/mol. The molecule has 2 aromatic rings. The highest BCUT2D eigenvalue weighted by atomic mass is 32.2. The van der Waals surface area contributed by atoms with Crippen molar-refractivity contribution in [2.45, 2.75) is 32.4 Å². The maximum atomic E-state index is 12.0. The predicted octanol–water partition coefficient (Wildman–Crippen LogP) is 2.30. The van der Waals surface area contributed by atoms with Crippen LogP contribution in [0.4, 0.5) is 0 Å². The van der Waals surface area contributed by atoms with Crippen LogP contribution in [0.5, 0.6) is 0 Å². The topological polar surface area (TPSA) is 42.3 Å². The molecule has 20 heavy (non-hydrogen) atoms. The smallest absolute Gasteiger partial charge is 0.145 e. The molecular formula is C15H17BN2OS. The summed E-state index contributed by atoms with van der Waals surface area (Å²) in [6, 6.07) is 9.46. The van der Waals surface area contributed by atoms with Gasteiger partial charge in [-0.3, -0.25) is 0 Å². The van der Waals surface area contributed by atoms with Crippen LogP contribution >= 0.6 is 0 Å². The summed E-state index contributed by atoms with van der Waals surface area (Å²) in [5, 5.41) is 1.02. The standard InChI is InChI=1S/C15H17BN2OS/c1-10(18-20(19)15(2,3)4)13-8-6-11-5-7-12(16)9-14(11)17-13/h5-9H,1-4H3/b18-10+/t20-/m1/s1. The van der Waals surface area contributed by atoms with Crippen LogP contribution in [0.15, 0.2) is 34.7 Å². The number of rotatable bonds is 2. The van der Waals surface area contributed by atoms with Crippen LogP contribution in [0.2, 0.25) is 0 Å². The molecule has 1 heterocycles. The molecule has 0 saturated heterocycles. The molecule has 102 valence electrons. The van der Waals surface area contributed by atoms with Gasteiger partial charge in [-0.05, 0) is 39.8 Å². The van der Waals surface area contributed by atoms with Crippen molar-refractivity contribution in [1.29, 1.82) is 0 Å². The van der Waals surface area contributed by atoms with Gasteiger partial charge in [0.25, 0.3) is 0 Å². The number of hydrogen-bond acceptors (Lipinski definition) is 2. The highest BCUT2D eigenvalue weighted by molar-refractivity contribution is 7.85. The summed E-state index contributed by atoms with van der Waals surface area (Å²) >= 11 is 0. The summed E-state index contributed by atoms with van der Waals surface area (Å²) in [5.41, 5.74) is 2.89. The van der Waals surface area contributed by atoms with Crippen molar-refractivity contribution in [1.82, 2.24) is 4.98 Å². The largest absolute Gasteiger partial charge is 0.247 e. The molecule has 1 aromatic heterocycles. The first kappa shape index (κ1) is 14.9. The van der Waals surface area contributed by atoms with Crippen molar-refractivity contribution in [3.63, 3.8) is 0 Å². The fourth-order valence-electron chi connectivity index (χ4n) is 1.64. The number of aromatic nitrogens is 1. The van der Waals surface area contributed by atoms with E-state index in [0.29, 0.717) is 11.2 Å². The van der Waals surface area contributed by atoms with Crippen molar-refractivity contribution < 1.29 is 4.21 Å². The Morgan fingerprint density at radius 3 is 2.55 bits per heavy atom. The molecule has 0 aliphatic heterocycles. The molecule has 0 unspecified atom stereocenters. The van der Waals surface area contributed by atoms with Crippen LogP contribution in [0, 0.1) is 0 Å². The van der Waals surface area contributed by atoms with E-state index in [2.05, 4.69) is 9.38 Å². The zero-order valence-corrected chi connectivity index (χ0v) is 13.0. The van der Waals surface area contributed by atoms with Crippen molar-refractivity contribution in [3.8, 4) is 0 Å². The lowest BCUT2D eigenvalue weighted by Gasteiger charge is -2.14. The Bertz CT molecular complexity index is 705. The van der Waals surface area contributed by atoms with E-state index in [1.807, 2.05) is 58.0 Å². The quantitative estimate of drug-likeness (QED) is 0.627. The first-order valence-electron chi connectivity index (χ1n) is 6.41. The Morgan fingerprint density at radius 2 is 1.90 bits per heavy atom. The maximum Gasteiger partial charge on any atom is 0.145 e. The van der Waals surface area contributed by atoms with Crippen LogP contribution in [0.1, 0.15) is 33.4 Å². The first-order chi connectivity index (χ1) is 9.27. The van der Waals surface area contributed by atoms with Crippen LogP contribution in [0.25, 0.3) is 10.9 Å². The zero-order valence-electron chi connectivity index (χ0n) is 12.2. The van der Waals surface area contributed by atoms with Gasteiger partial charge in [0, 0.05) is 5.39 Å². The average Bonchev–Trinajstić information content (AvgIpc) is 2.36. The molecule has 0 amide bonds. The van der Waals surface area contributed by atoms with Gasteiger partial charge in [-0.1, -0.05) is 23.7 Å². The van der Waals surface area contributed by atoms with Gasteiger partial charge in [0.1, 0.15) is 18.8 Å². The summed E-state index contributed by atoms with van der Waals surface area (Å²) in [5.74, 6) is 0. The van der Waals surface area contributed by atoms with E-state index in [4.69, 9.17) is 7.85 Å². The van der Waals surface area contributed by atoms with Crippen LogP contribution in [-0.2, 0) is 11.0 Å². The fourth-order valence-corrected chi connectivity index (χ4v) is 2.26. The van der Waals surface area contributed by atoms with Crippen LogP contribution < -0.4 is 5.46 Å². The van der Waals surface area contributed by atoms with Gasteiger partial charge in [-0.2, -0.15) is 4.40 Å². The second kappa shape index (κ2) is 5.48. The van der Waals surface area contributed by atoms with Crippen molar-refractivity contribution in [2.75, 3.05) is 0 Å². The zero-order chi connectivity index (χ0) is 14.9. The third-order valence-corrected chi connectivity index (χ3v) is 4.32. The average molecular weight is 284 g/mol. The summed E-state index contributed by atoms with van der Waals surface area (Å²) < 4.78 is 15.9. The molecule has 0 bridgehead atoms. The summed E-state index contributed by atoms with van der Waals surface area (Å²) in [6.07, 6.45) is 0. The highest BCUT2D eigenvalue weighted by Gasteiger charge is 2.19. The third-order valence-electron chi connectivity index (χ3n) is 2.83. The Balaban J connectivity index is 2.42. The minimum Gasteiger partial charge on any atom is -0.247 e. The van der Waals surface area contributed by atoms with E-state index in [9.17, 15) is 4.21 Å². The lowest BCUT2D eigenvalue weighted by molar-refractivity contribution is 0.650. The van der Waals surface area contributed by atoms with Gasteiger partial charge < -0.3 is 0 Å². The minimum atomic E-state index is -1.28. The van der Waals surface area contributed by atoms with Crippen molar-refractivity contribution in [3.05, 3.63) is 36.0 Å². The Morgan fingerprint density at radius 1 is 1.25 bits per heavy atom. The minimum absolute atomic E-state index is 0.372. The molecule has 1 atom stereocenters. The normalized spacial score (nSPS) is 14.5. The van der Waals surface area contributed by atoms with Gasteiger partial charge in [-0.15, -0.1) is 0 Å². The third kappa shape index (κ3) is 3.34. The second-order valence-corrected chi connectivity index (χ2v) is 7.59. The van der Waals surface area contributed by atoms with E-state index in [0.717, 1.165) is 16.6 Å². The SMILES string of the molecule is [B]c1ccc2ccc(/C(C)=N/[S@](=O)C(C)(C)C)nc2c1. The highest BCUT2D eigenvalue weighted by Crippen LogP contribution is 2.15. The monoisotopic (exact) mass is 284 g/mol. The van der Waals surface area contributed by atoms with E-state index in [1.165, 1.54) is 0 Å². The summed E-state index contributed by atoms with van der Waals surface area (Å²) in [4.78, 5) is 4.53. The molecule has 3 nitrogen and oxygen atoms in total. The maximum absolute atomic E-state index is 12.0. The molecule has 0 fully saturated rings. The molecule has 1 aromatic carbocycles. The first-order valence-corrected chi connectivity index (χ1v) is 7.52. The lowest BCUT2D eigenvalue weighted by Crippen LogP contribution is -2.20. The Labute approximate surface area is 123 Å². The molecule has 2 radical (unpaired) electrons. The summed E-state index contributed by atoms with van der Waals surface area (Å²) in [7, 11) is 4.49. The van der Waals surface area contributed by atoms with E-state index < -0.39 is 11.0 Å². The number of pyridine rings is 1. The van der Waals surface area contributed by atoms with E-state index in [-0.39, 0.29) is 4.75 Å². The molecule has 0 aliphatic carbocycles. The van der Waals surface area contributed by atoms with Gasteiger partial charge >= 0.3 is 0 Å². The van der Waals surface area contributed by atoms with Gasteiger partial charge in [-0.25, -0.2) is 9.19 Å². The Kier molecular flexibility index (Phi) is 4.09. The number of fused-ring (bicyclic) bond motifs is 1. The molecule has 0 N–H and O–H groups in total. The molecule has 0 aliphatic rings. The van der Waals surface area contributed by atoms with E-state index in [1.54, 1.807) is 0 Å². The fraction of sp³-hybridized carbons (Fsp3) is 0.333. The number of hydrogen-bond donors (Lipinski definition) is 0. The molecule has 5 heteroatoms. The van der Waals surface area contributed by atoms with Crippen molar-refractivity contribution in [2.24, 2.45) is 4.40 Å². The van der Waals surface area contributed by atoms with Crippen molar-refractivity contribution >= 4 is 40.9 Å². The number of benzene rings is 1. The summed E-state index contributed by atoms with van der Waals surface area (Å²) in [6.45, 7) is 7.52. The van der Waals surface area contributed by atoms with Crippen LogP contribution in [-0.4, -0.2) is 27.5 Å². The molecule has 0 spiro atoms. The van der Waals surface area contributed by atoms with Gasteiger partial charge in [0.05, 0.1) is 21.7 Å². The second-order valence-electron chi connectivity index (χ2n) is 5.69.